The summed E-state index contributed by atoms with van der Waals surface area (Å²) in [6.45, 7) is 3.05. The molecule has 0 aromatic heterocycles. The van der Waals surface area contributed by atoms with Crippen molar-refractivity contribution in [2.45, 2.75) is 24.6 Å². The molecule has 2 aliphatic heterocycles. The van der Waals surface area contributed by atoms with E-state index in [9.17, 15) is 8.42 Å². The standard InChI is InChI=1S/C14H18N2O2S2/c1-2-8-16(11-6-4-3-5-7-11)14-15-12-9-20(17,18)10-13(12)19-14/h3-7,12-13H,2,8-10H2,1H3/t12-,13-/m0/s1. The van der Waals surface area contributed by atoms with E-state index < -0.39 is 9.84 Å². The fourth-order valence-corrected chi connectivity index (χ4v) is 6.44. The molecule has 20 heavy (non-hydrogen) atoms. The van der Waals surface area contributed by atoms with Gasteiger partial charge in [0.15, 0.2) is 15.0 Å². The van der Waals surface area contributed by atoms with Crippen LogP contribution in [0.3, 0.4) is 0 Å². The van der Waals surface area contributed by atoms with Crippen LogP contribution in [-0.4, -0.2) is 42.9 Å². The van der Waals surface area contributed by atoms with Crippen molar-refractivity contribution in [1.29, 1.82) is 0 Å². The van der Waals surface area contributed by atoms with Gasteiger partial charge in [-0.25, -0.2) is 8.42 Å². The van der Waals surface area contributed by atoms with Crippen LogP contribution in [0.5, 0.6) is 0 Å². The highest BCUT2D eigenvalue weighted by Gasteiger charge is 2.43. The van der Waals surface area contributed by atoms with Gasteiger partial charge in [-0.05, 0) is 18.6 Å². The first kappa shape index (κ1) is 13.9. The maximum Gasteiger partial charge on any atom is 0.164 e. The molecule has 0 amide bonds. The second kappa shape index (κ2) is 5.41. The number of nitrogens with zero attached hydrogens (tertiary/aromatic N) is 2. The van der Waals surface area contributed by atoms with Gasteiger partial charge in [-0.3, -0.25) is 4.99 Å². The highest BCUT2D eigenvalue weighted by molar-refractivity contribution is 8.15. The van der Waals surface area contributed by atoms with Crippen LogP contribution >= 0.6 is 11.8 Å². The average molecular weight is 310 g/mol. The lowest BCUT2D eigenvalue weighted by atomic mass is 10.3. The largest absolute Gasteiger partial charge is 0.321 e. The molecule has 0 N–H and O–H groups in total. The van der Waals surface area contributed by atoms with Gasteiger partial charge in [-0.1, -0.05) is 36.9 Å². The van der Waals surface area contributed by atoms with E-state index in [-0.39, 0.29) is 22.8 Å². The zero-order valence-corrected chi connectivity index (χ0v) is 13.0. The van der Waals surface area contributed by atoms with E-state index in [1.54, 1.807) is 11.8 Å². The number of thioether (sulfide) groups is 1. The van der Waals surface area contributed by atoms with Gasteiger partial charge in [0.1, 0.15) is 0 Å². The normalized spacial score (nSPS) is 27.1. The number of rotatable bonds is 3. The maximum atomic E-state index is 11.6. The monoisotopic (exact) mass is 310 g/mol. The molecule has 1 fully saturated rings. The SMILES string of the molecule is CCCN(C1=N[C@H]2CS(=O)(=O)C[C@@H]2S1)c1ccccc1. The van der Waals surface area contributed by atoms with Gasteiger partial charge < -0.3 is 4.90 Å². The molecule has 2 heterocycles. The lowest BCUT2D eigenvalue weighted by molar-refractivity contribution is 0.601. The summed E-state index contributed by atoms with van der Waals surface area (Å²) in [6, 6.07) is 10.1. The number of benzene rings is 1. The third kappa shape index (κ3) is 2.72. The molecule has 1 saturated heterocycles. The summed E-state index contributed by atoms with van der Waals surface area (Å²) in [5, 5.41) is 1.08. The molecule has 3 rings (SSSR count). The molecule has 0 aliphatic carbocycles. The zero-order chi connectivity index (χ0) is 14.2. The van der Waals surface area contributed by atoms with Crippen LogP contribution in [0.25, 0.3) is 0 Å². The van der Waals surface area contributed by atoms with Crippen molar-refractivity contribution in [3.63, 3.8) is 0 Å². The number of amidine groups is 1. The molecule has 2 atom stereocenters. The Kier molecular flexibility index (Phi) is 3.77. The van der Waals surface area contributed by atoms with Gasteiger partial charge >= 0.3 is 0 Å². The molecule has 2 aliphatic rings. The van der Waals surface area contributed by atoms with Crippen LogP contribution in [-0.2, 0) is 9.84 Å². The lowest BCUT2D eigenvalue weighted by Crippen LogP contribution is -2.29. The predicted molar refractivity (Wildman–Crippen MR) is 85.3 cm³/mol. The quantitative estimate of drug-likeness (QED) is 0.858. The van der Waals surface area contributed by atoms with Gasteiger partial charge in [0.05, 0.1) is 17.5 Å². The molecule has 0 bridgehead atoms. The van der Waals surface area contributed by atoms with Gasteiger partial charge in [0, 0.05) is 17.5 Å². The fourth-order valence-electron chi connectivity index (χ4n) is 2.64. The molecule has 0 spiro atoms. The van der Waals surface area contributed by atoms with Crippen molar-refractivity contribution in [2.75, 3.05) is 23.0 Å². The molecule has 6 heteroatoms. The number of hydrogen-bond acceptors (Lipinski definition) is 5. The van der Waals surface area contributed by atoms with E-state index in [1.165, 1.54) is 0 Å². The van der Waals surface area contributed by atoms with Crippen molar-refractivity contribution < 1.29 is 8.42 Å². The van der Waals surface area contributed by atoms with Crippen LogP contribution in [0.4, 0.5) is 5.69 Å². The minimum atomic E-state index is -2.88. The van der Waals surface area contributed by atoms with E-state index in [4.69, 9.17) is 0 Å². The molecular weight excluding hydrogens is 292 g/mol. The van der Waals surface area contributed by atoms with E-state index in [0.29, 0.717) is 0 Å². The summed E-state index contributed by atoms with van der Waals surface area (Å²) in [5.74, 6) is 0.479. The lowest BCUT2D eigenvalue weighted by Gasteiger charge is -2.23. The Hall–Kier alpha value is -1.01. The number of para-hydroxylation sites is 1. The highest BCUT2D eigenvalue weighted by atomic mass is 32.2. The molecule has 1 aromatic carbocycles. The first-order valence-electron chi connectivity index (χ1n) is 6.86. The summed E-state index contributed by atoms with van der Waals surface area (Å²) in [5.41, 5.74) is 1.13. The molecule has 4 nitrogen and oxygen atoms in total. The van der Waals surface area contributed by atoms with Crippen molar-refractivity contribution in [3.8, 4) is 0 Å². The zero-order valence-electron chi connectivity index (χ0n) is 11.4. The van der Waals surface area contributed by atoms with E-state index in [0.717, 1.165) is 23.8 Å². The van der Waals surface area contributed by atoms with Crippen molar-refractivity contribution in [3.05, 3.63) is 30.3 Å². The molecule has 0 saturated carbocycles. The Labute approximate surface area is 124 Å². The first-order valence-corrected chi connectivity index (χ1v) is 9.56. The maximum absolute atomic E-state index is 11.6. The summed E-state index contributed by atoms with van der Waals surface area (Å²) in [4.78, 5) is 6.87. The summed E-state index contributed by atoms with van der Waals surface area (Å²) >= 11 is 1.62. The van der Waals surface area contributed by atoms with Gasteiger partial charge in [0.2, 0.25) is 0 Å². The minimum Gasteiger partial charge on any atom is -0.321 e. The summed E-state index contributed by atoms with van der Waals surface area (Å²) < 4.78 is 23.2. The molecule has 0 radical (unpaired) electrons. The number of hydrogen-bond donors (Lipinski definition) is 0. The molecule has 1 aromatic rings. The van der Waals surface area contributed by atoms with Crippen molar-refractivity contribution in [2.24, 2.45) is 4.99 Å². The van der Waals surface area contributed by atoms with Crippen LogP contribution in [0, 0.1) is 0 Å². The number of aliphatic imine (C=N–C) groups is 1. The van der Waals surface area contributed by atoms with E-state index in [2.05, 4.69) is 28.9 Å². The topological polar surface area (TPSA) is 49.7 Å². The second-order valence-electron chi connectivity index (χ2n) is 5.20. The Bertz CT molecular complexity index is 613. The molecule has 0 unspecified atom stereocenters. The van der Waals surface area contributed by atoms with Gasteiger partial charge in [-0.15, -0.1) is 0 Å². The van der Waals surface area contributed by atoms with Crippen molar-refractivity contribution >= 4 is 32.5 Å². The van der Waals surface area contributed by atoms with Crippen LogP contribution in [0.1, 0.15) is 13.3 Å². The van der Waals surface area contributed by atoms with Gasteiger partial charge in [-0.2, -0.15) is 0 Å². The second-order valence-corrected chi connectivity index (χ2v) is 8.56. The smallest absolute Gasteiger partial charge is 0.164 e. The Morgan fingerprint density at radius 3 is 2.70 bits per heavy atom. The molecular formula is C14H18N2O2S2. The number of fused-ring (bicyclic) bond motifs is 1. The van der Waals surface area contributed by atoms with Gasteiger partial charge in [0.25, 0.3) is 0 Å². The number of anilines is 1. The van der Waals surface area contributed by atoms with Crippen molar-refractivity contribution in [1.82, 2.24) is 0 Å². The van der Waals surface area contributed by atoms with Crippen LogP contribution in [0.2, 0.25) is 0 Å². The minimum absolute atomic E-state index is 0.0527. The highest BCUT2D eigenvalue weighted by Crippen LogP contribution is 2.36. The fraction of sp³-hybridized carbons (Fsp3) is 0.500. The Balaban J connectivity index is 1.84. The third-order valence-electron chi connectivity index (χ3n) is 3.55. The molecule has 108 valence electrons. The average Bonchev–Trinajstić information content (AvgIpc) is 2.90. The third-order valence-corrected chi connectivity index (χ3v) is 6.80. The summed E-state index contributed by atoms with van der Waals surface area (Å²) in [7, 11) is -2.88. The Morgan fingerprint density at radius 1 is 1.30 bits per heavy atom. The first-order chi connectivity index (χ1) is 9.59. The van der Waals surface area contributed by atoms with Crippen LogP contribution < -0.4 is 4.90 Å². The summed E-state index contributed by atoms with van der Waals surface area (Å²) in [6.07, 6.45) is 1.03. The predicted octanol–water partition coefficient (Wildman–Crippen LogP) is 2.17. The number of sulfone groups is 1. The van der Waals surface area contributed by atoms with E-state index in [1.807, 2.05) is 18.2 Å². The van der Waals surface area contributed by atoms with E-state index >= 15 is 0 Å². The Morgan fingerprint density at radius 2 is 2.05 bits per heavy atom. The van der Waals surface area contributed by atoms with Crippen LogP contribution in [0.15, 0.2) is 35.3 Å².